The number of benzene rings is 1. The molecule has 4 nitrogen and oxygen atoms in total. The topological polar surface area (TPSA) is 50.4 Å². The Hall–Kier alpha value is -1.10. The Labute approximate surface area is 124 Å². The Kier molecular flexibility index (Phi) is 3.71. The van der Waals surface area contributed by atoms with Crippen LogP contribution in [0.5, 0.6) is 0 Å². The lowest BCUT2D eigenvalue weighted by Gasteiger charge is -2.23. The van der Waals surface area contributed by atoms with Gasteiger partial charge in [-0.1, -0.05) is 24.3 Å². The number of ether oxygens (including phenoxy) is 1. The molecule has 1 aromatic rings. The molecule has 1 aromatic carbocycles. The SMILES string of the molecule is Cl.O=C(NC1C2Cc3ccccc3C21)C1COCCN1. The molecule has 4 atom stereocenters. The van der Waals surface area contributed by atoms with Crippen LogP contribution >= 0.6 is 12.4 Å². The summed E-state index contributed by atoms with van der Waals surface area (Å²) in [6, 6.07) is 8.76. The van der Waals surface area contributed by atoms with Crippen LogP contribution in [0, 0.1) is 5.92 Å². The number of fused-ring (bicyclic) bond motifs is 3. The third kappa shape index (κ3) is 2.22. The highest BCUT2D eigenvalue weighted by molar-refractivity contribution is 5.85. The number of amides is 1. The fraction of sp³-hybridized carbons (Fsp3) is 0.533. The van der Waals surface area contributed by atoms with Gasteiger partial charge in [0.25, 0.3) is 0 Å². The number of halogens is 1. The molecule has 4 rings (SSSR count). The molecule has 2 fully saturated rings. The lowest BCUT2D eigenvalue weighted by Crippen LogP contribution is -2.52. The number of hydrogen-bond donors (Lipinski definition) is 2. The van der Waals surface area contributed by atoms with E-state index in [9.17, 15) is 4.79 Å². The number of carbonyl (C=O) groups excluding carboxylic acids is 1. The van der Waals surface area contributed by atoms with E-state index in [-0.39, 0.29) is 24.4 Å². The molecule has 3 aliphatic rings. The smallest absolute Gasteiger partial charge is 0.239 e. The molecule has 1 saturated heterocycles. The van der Waals surface area contributed by atoms with Gasteiger partial charge in [0.2, 0.25) is 5.91 Å². The summed E-state index contributed by atoms with van der Waals surface area (Å²) in [5.74, 6) is 1.26. The van der Waals surface area contributed by atoms with Gasteiger partial charge in [0.15, 0.2) is 0 Å². The maximum Gasteiger partial charge on any atom is 0.239 e. The van der Waals surface area contributed by atoms with E-state index in [1.54, 1.807) is 0 Å². The van der Waals surface area contributed by atoms with Crippen molar-refractivity contribution in [3.63, 3.8) is 0 Å². The summed E-state index contributed by atoms with van der Waals surface area (Å²) in [5.41, 5.74) is 2.90. The van der Waals surface area contributed by atoms with E-state index < -0.39 is 0 Å². The first-order valence-corrected chi connectivity index (χ1v) is 7.04. The van der Waals surface area contributed by atoms with E-state index in [1.807, 2.05) is 0 Å². The summed E-state index contributed by atoms with van der Waals surface area (Å²) in [6.07, 6.45) is 1.11. The van der Waals surface area contributed by atoms with Gasteiger partial charge in [0, 0.05) is 18.5 Å². The van der Waals surface area contributed by atoms with E-state index in [0.717, 1.165) is 13.0 Å². The van der Waals surface area contributed by atoms with Gasteiger partial charge in [-0.15, -0.1) is 12.4 Å². The predicted molar refractivity (Wildman–Crippen MR) is 78.2 cm³/mol. The molecule has 1 aliphatic heterocycles. The predicted octanol–water partition coefficient (Wildman–Crippen LogP) is 0.851. The van der Waals surface area contributed by atoms with Gasteiger partial charge in [-0.2, -0.15) is 0 Å². The molecule has 1 amide bonds. The highest BCUT2D eigenvalue weighted by Gasteiger charge is 2.56. The summed E-state index contributed by atoms with van der Waals surface area (Å²) in [7, 11) is 0. The van der Waals surface area contributed by atoms with Crippen LogP contribution in [-0.2, 0) is 16.0 Å². The third-order valence-electron chi connectivity index (χ3n) is 4.59. The number of carbonyl (C=O) groups is 1. The minimum Gasteiger partial charge on any atom is -0.378 e. The van der Waals surface area contributed by atoms with Crippen molar-refractivity contribution in [2.24, 2.45) is 5.92 Å². The van der Waals surface area contributed by atoms with Crippen molar-refractivity contribution in [1.82, 2.24) is 10.6 Å². The second-order valence-electron chi connectivity index (χ2n) is 5.71. The van der Waals surface area contributed by atoms with Crippen molar-refractivity contribution in [3.8, 4) is 0 Å². The van der Waals surface area contributed by atoms with Crippen LogP contribution in [0.2, 0.25) is 0 Å². The van der Waals surface area contributed by atoms with Gasteiger partial charge in [-0.05, 0) is 23.5 Å². The van der Waals surface area contributed by atoms with Gasteiger partial charge in [-0.25, -0.2) is 0 Å². The summed E-state index contributed by atoms with van der Waals surface area (Å²) in [4.78, 5) is 12.1. The maximum atomic E-state index is 12.1. The molecule has 0 radical (unpaired) electrons. The van der Waals surface area contributed by atoms with Gasteiger partial charge in [-0.3, -0.25) is 4.79 Å². The monoisotopic (exact) mass is 294 g/mol. The highest BCUT2D eigenvalue weighted by atomic mass is 35.5. The molecular weight excluding hydrogens is 276 g/mol. The number of rotatable bonds is 2. The van der Waals surface area contributed by atoms with E-state index in [0.29, 0.717) is 31.1 Å². The zero-order valence-corrected chi connectivity index (χ0v) is 12.0. The second kappa shape index (κ2) is 5.35. The molecule has 1 saturated carbocycles. The van der Waals surface area contributed by atoms with Crippen LogP contribution in [-0.4, -0.2) is 37.7 Å². The fourth-order valence-electron chi connectivity index (χ4n) is 3.55. The summed E-state index contributed by atoms with van der Waals surface area (Å²) < 4.78 is 5.33. The Morgan fingerprint density at radius 1 is 1.35 bits per heavy atom. The average Bonchev–Trinajstić information content (AvgIpc) is 2.97. The molecule has 5 heteroatoms. The third-order valence-corrected chi connectivity index (χ3v) is 4.59. The normalized spacial score (nSPS) is 33.6. The standard InChI is InChI=1S/C15H18N2O2.ClH/c18-15(12-8-19-6-5-16-12)17-14-11-7-9-3-1-2-4-10(9)13(11)14;/h1-4,11-14,16H,5-8H2,(H,17,18);1H. The molecule has 0 bridgehead atoms. The van der Waals surface area contributed by atoms with Crippen LogP contribution in [0.15, 0.2) is 24.3 Å². The first-order valence-electron chi connectivity index (χ1n) is 7.04. The second-order valence-corrected chi connectivity index (χ2v) is 5.71. The number of morpholine rings is 1. The Morgan fingerprint density at radius 2 is 2.20 bits per heavy atom. The van der Waals surface area contributed by atoms with Crippen molar-refractivity contribution in [3.05, 3.63) is 35.4 Å². The highest BCUT2D eigenvalue weighted by Crippen LogP contribution is 2.56. The Balaban J connectivity index is 0.00000121. The lowest BCUT2D eigenvalue weighted by atomic mass is 10.1. The molecule has 0 aromatic heterocycles. The van der Waals surface area contributed by atoms with Crippen LogP contribution < -0.4 is 10.6 Å². The van der Waals surface area contributed by atoms with Gasteiger partial charge < -0.3 is 15.4 Å². The van der Waals surface area contributed by atoms with E-state index in [1.165, 1.54) is 11.1 Å². The molecule has 4 unspecified atom stereocenters. The Morgan fingerprint density at radius 3 is 3.00 bits per heavy atom. The zero-order chi connectivity index (χ0) is 12.8. The van der Waals surface area contributed by atoms with Crippen LogP contribution in [0.1, 0.15) is 17.0 Å². The fourth-order valence-corrected chi connectivity index (χ4v) is 3.55. The minimum absolute atomic E-state index is 0. The molecule has 2 aliphatic carbocycles. The zero-order valence-electron chi connectivity index (χ0n) is 11.2. The quantitative estimate of drug-likeness (QED) is 0.850. The first-order chi connectivity index (χ1) is 9.34. The maximum absolute atomic E-state index is 12.1. The molecule has 108 valence electrons. The molecule has 1 heterocycles. The van der Waals surface area contributed by atoms with Crippen molar-refractivity contribution in [2.75, 3.05) is 19.8 Å². The average molecular weight is 295 g/mol. The molecular formula is C15H19ClN2O2. The van der Waals surface area contributed by atoms with E-state index in [2.05, 4.69) is 34.9 Å². The number of hydrogen-bond acceptors (Lipinski definition) is 3. The minimum atomic E-state index is -0.176. The van der Waals surface area contributed by atoms with Crippen molar-refractivity contribution in [2.45, 2.75) is 24.4 Å². The van der Waals surface area contributed by atoms with Crippen LogP contribution in [0.4, 0.5) is 0 Å². The molecule has 2 N–H and O–H groups in total. The van der Waals surface area contributed by atoms with E-state index >= 15 is 0 Å². The summed E-state index contributed by atoms with van der Waals surface area (Å²) in [5, 5.41) is 6.38. The van der Waals surface area contributed by atoms with Gasteiger partial charge >= 0.3 is 0 Å². The van der Waals surface area contributed by atoms with Crippen molar-refractivity contribution >= 4 is 18.3 Å². The lowest BCUT2D eigenvalue weighted by molar-refractivity contribution is -0.126. The largest absolute Gasteiger partial charge is 0.378 e. The van der Waals surface area contributed by atoms with Crippen LogP contribution in [0.25, 0.3) is 0 Å². The Bertz CT molecular complexity index is 516. The summed E-state index contributed by atoms with van der Waals surface area (Å²) in [6.45, 7) is 1.95. The van der Waals surface area contributed by atoms with Crippen molar-refractivity contribution in [1.29, 1.82) is 0 Å². The van der Waals surface area contributed by atoms with Gasteiger partial charge in [0.05, 0.1) is 13.2 Å². The first kappa shape index (κ1) is 13.9. The van der Waals surface area contributed by atoms with Crippen molar-refractivity contribution < 1.29 is 9.53 Å². The van der Waals surface area contributed by atoms with Gasteiger partial charge in [0.1, 0.15) is 6.04 Å². The number of nitrogens with one attached hydrogen (secondary N) is 2. The van der Waals surface area contributed by atoms with E-state index in [4.69, 9.17) is 4.74 Å². The molecule has 0 spiro atoms. The molecule has 20 heavy (non-hydrogen) atoms. The van der Waals surface area contributed by atoms with Crippen LogP contribution in [0.3, 0.4) is 0 Å². The summed E-state index contributed by atoms with van der Waals surface area (Å²) >= 11 is 0.